The van der Waals surface area contributed by atoms with Crippen molar-refractivity contribution in [3.63, 3.8) is 0 Å². The first-order valence-electron chi connectivity index (χ1n) is 6.80. The van der Waals surface area contributed by atoms with Gasteiger partial charge in [-0.2, -0.15) is 0 Å². The van der Waals surface area contributed by atoms with E-state index in [2.05, 4.69) is 24.1 Å². The van der Waals surface area contributed by atoms with Crippen LogP contribution in [0.15, 0.2) is 16.5 Å². The van der Waals surface area contributed by atoms with E-state index >= 15 is 0 Å². The van der Waals surface area contributed by atoms with Gasteiger partial charge in [0.1, 0.15) is 5.76 Å². The number of carboxylic acids is 1. The fraction of sp³-hybridized carbons (Fsp3) is 0.571. The highest BCUT2D eigenvalue weighted by molar-refractivity contribution is 5.91. The van der Waals surface area contributed by atoms with Crippen LogP contribution in [0.4, 0.5) is 0 Å². The normalized spacial score (nSPS) is 12.4. The van der Waals surface area contributed by atoms with Gasteiger partial charge in [0.05, 0.1) is 12.5 Å². The maximum Gasteiger partial charge on any atom is 0.308 e. The second-order valence-corrected chi connectivity index (χ2v) is 4.68. The SMILES string of the molecule is CCN(CC)Cc1ccc(C(=O)NCC(C)C(=O)O)o1. The van der Waals surface area contributed by atoms with Crippen LogP contribution < -0.4 is 5.32 Å². The van der Waals surface area contributed by atoms with E-state index in [0.29, 0.717) is 6.54 Å². The van der Waals surface area contributed by atoms with Gasteiger partial charge in [-0.25, -0.2) is 0 Å². The molecule has 20 heavy (non-hydrogen) atoms. The molecule has 0 aliphatic heterocycles. The number of nitrogens with zero attached hydrogens (tertiary/aromatic N) is 1. The van der Waals surface area contributed by atoms with Crippen molar-refractivity contribution >= 4 is 11.9 Å². The molecule has 1 atom stereocenters. The van der Waals surface area contributed by atoms with Crippen LogP contribution in [0, 0.1) is 5.92 Å². The molecule has 0 spiro atoms. The Morgan fingerprint density at radius 2 is 2.00 bits per heavy atom. The quantitative estimate of drug-likeness (QED) is 0.756. The topological polar surface area (TPSA) is 82.8 Å². The van der Waals surface area contributed by atoms with Crippen LogP contribution in [-0.4, -0.2) is 41.5 Å². The second kappa shape index (κ2) is 7.69. The summed E-state index contributed by atoms with van der Waals surface area (Å²) in [6.45, 7) is 8.23. The molecule has 0 aliphatic rings. The number of amides is 1. The fourth-order valence-electron chi connectivity index (χ4n) is 1.67. The Balaban J connectivity index is 2.53. The molecule has 0 aliphatic carbocycles. The van der Waals surface area contributed by atoms with E-state index in [0.717, 1.165) is 18.8 Å². The summed E-state index contributed by atoms with van der Waals surface area (Å²) < 4.78 is 5.47. The molecule has 1 rings (SSSR count). The third-order valence-corrected chi connectivity index (χ3v) is 3.15. The van der Waals surface area contributed by atoms with Gasteiger partial charge in [0.2, 0.25) is 0 Å². The van der Waals surface area contributed by atoms with Gasteiger partial charge in [0.15, 0.2) is 5.76 Å². The van der Waals surface area contributed by atoms with Crippen LogP contribution in [0.1, 0.15) is 37.1 Å². The monoisotopic (exact) mass is 282 g/mol. The van der Waals surface area contributed by atoms with Gasteiger partial charge in [-0.1, -0.05) is 20.8 Å². The molecule has 1 aromatic rings. The van der Waals surface area contributed by atoms with E-state index in [1.165, 1.54) is 6.92 Å². The van der Waals surface area contributed by atoms with E-state index in [1.807, 2.05) is 0 Å². The number of carboxylic acid groups (broad SMARTS) is 1. The molecular weight excluding hydrogens is 260 g/mol. The van der Waals surface area contributed by atoms with Crippen LogP contribution in [0.5, 0.6) is 0 Å². The summed E-state index contributed by atoms with van der Waals surface area (Å²) in [5.74, 6) is -1.00. The van der Waals surface area contributed by atoms with E-state index in [9.17, 15) is 9.59 Å². The predicted molar refractivity (Wildman–Crippen MR) is 74.5 cm³/mol. The van der Waals surface area contributed by atoms with Crippen LogP contribution >= 0.6 is 0 Å². The molecule has 0 saturated heterocycles. The Morgan fingerprint density at radius 3 is 2.55 bits per heavy atom. The summed E-state index contributed by atoms with van der Waals surface area (Å²) >= 11 is 0. The van der Waals surface area contributed by atoms with Gasteiger partial charge < -0.3 is 14.8 Å². The summed E-state index contributed by atoms with van der Waals surface area (Å²) in [6.07, 6.45) is 0. The molecule has 6 nitrogen and oxygen atoms in total. The van der Waals surface area contributed by atoms with Crippen LogP contribution in [0.2, 0.25) is 0 Å². The average Bonchev–Trinajstić information content (AvgIpc) is 2.90. The highest BCUT2D eigenvalue weighted by Crippen LogP contribution is 2.10. The lowest BCUT2D eigenvalue weighted by atomic mass is 10.2. The van der Waals surface area contributed by atoms with Crippen LogP contribution in [0.25, 0.3) is 0 Å². The Labute approximate surface area is 118 Å². The molecule has 0 fully saturated rings. The number of hydrogen-bond acceptors (Lipinski definition) is 4. The first-order valence-corrected chi connectivity index (χ1v) is 6.80. The highest BCUT2D eigenvalue weighted by Gasteiger charge is 2.16. The molecule has 2 N–H and O–H groups in total. The Kier molecular flexibility index (Phi) is 6.24. The first kappa shape index (κ1) is 16.2. The second-order valence-electron chi connectivity index (χ2n) is 4.68. The molecule has 0 bridgehead atoms. The molecule has 1 heterocycles. The molecule has 1 aromatic heterocycles. The minimum atomic E-state index is -0.938. The highest BCUT2D eigenvalue weighted by atomic mass is 16.4. The van der Waals surface area contributed by atoms with Crippen molar-refractivity contribution in [2.45, 2.75) is 27.3 Å². The van der Waals surface area contributed by atoms with Crippen molar-refractivity contribution in [2.75, 3.05) is 19.6 Å². The van der Waals surface area contributed by atoms with Crippen molar-refractivity contribution in [1.82, 2.24) is 10.2 Å². The lowest BCUT2D eigenvalue weighted by Crippen LogP contribution is -2.31. The minimum Gasteiger partial charge on any atom is -0.481 e. The van der Waals surface area contributed by atoms with Crippen molar-refractivity contribution in [3.05, 3.63) is 23.7 Å². The number of carbonyl (C=O) groups is 2. The van der Waals surface area contributed by atoms with Gasteiger partial charge in [-0.05, 0) is 25.2 Å². The molecule has 0 radical (unpaired) electrons. The molecular formula is C14H22N2O4. The average molecular weight is 282 g/mol. The summed E-state index contributed by atoms with van der Waals surface area (Å²) in [6, 6.07) is 3.38. The van der Waals surface area contributed by atoms with Crippen molar-refractivity contribution < 1.29 is 19.1 Å². The van der Waals surface area contributed by atoms with Crippen LogP contribution in [-0.2, 0) is 11.3 Å². The van der Waals surface area contributed by atoms with E-state index < -0.39 is 11.9 Å². The lowest BCUT2D eigenvalue weighted by molar-refractivity contribution is -0.140. The summed E-state index contributed by atoms with van der Waals surface area (Å²) in [5.41, 5.74) is 0. The third kappa shape index (κ3) is 4.70. The summed E-state index contributed by atoms with van der Waals surface area (Å²) in [7, 11) is 0. The number of carbonyl (C=O) groups excluding carboxylic acids is 1. The predicted octanol–water partition coefficient (Wildman–Crippen LogP) is 1.57. The number of rotatable bonds is 8. The van der Waals surface area contributed by atoms with E-state index in [-0.39, 0.29) is 18.2 Å². The van der Waals surface area contributed by atoms with Gasteiger partial charge in [0.25, 0.3) is 5.91 Å². The standard InChI is InChI=1S/C14H22N2O4/c1-4-16(5-2)9-11-6-7-12(20-11)13(17)15-8-10(3)14(18)19/h6-7,10H,4-5,8-9H2,1-3H3,(H,15,17)(H,18,19). The maximum atomic E-state index is 11.8. The lowest BCUT2D eigenvalue weighted by Gasteiger charge is -2.15. The van der Waals surface area contributed by atoms with Gasteiger partial charge in [-0.3, -0.25) is 14.5 Å². The zero-order valence-electron chi connectivity index (χ0n) is 12.2. The molecule has 1 unspecified atom stereocenters. The van der Waals surface area contributed by atoms with E-state index in [4.69, 9.17) is 9.52 Å². The molecule has 0 saturated carbocycles. The van der Waals surface area contributed by atoms with E-state index in [1.54, 1.807) is 12.1 Å². The first-order chi connectivity index (χ1) is 9.47. The van der Waals surface area contributed by atoms with Crippen molar-refractivity contribution in [3.8, 4) is 0 Å². The van der Waals surface area contributed by atoms with Gasteiger partial charge in [-0.15, -0.1) is 0 Å². The maximum absolute atomic E-state index is 11.8. The molecule has 112 valence electrons. The van der Waals surface area contributed by atoms with Crippen LogP contribution in [0.3, 0.4) is 0 Å². The Hall–Kier alpha value is -1.82. The van der Waals surface area contributed by atoms with Gasteiger partial charge >= 0.3 is 5.97 Å². The minimum absolute atomic E-state index is 0.0836. The number of hydrogen-bond donors (Lipinski definition) is 2. The third-order valence-electron chi connectivity index (χ3n) is 3.15. The number of aliphatic carboxylic acids is 1. The molecule has 1 amide bonds. The van der Waals surface area contributed by atoms with Gasteiger partial charge in [0, 0.05) is 6.54 Å². The number of nitrogens with one attached hydrogen (secondary N) is 1. The Morgan fingerprint density at radius 1 is 1.35 bits per heavy atom. The molecule has 6 heteroatoms. The largest absolute Gasteiger partial charge is 0.481 e. The van der Waals surface area contributed by atoms with Crippen molar-refractivity contribution in [2.24, 2.45) is 5.92 Å². The smallest absolute Gasteiger partial charge is 0.308 e. The zero-order valence-corrected chi connectivity index (χ0v) is 12.2. The Bertz CT molecular complexity index is 452. The summed E-state index contributed by atoms with van der Waals surface area (Å²) in [5, 5.41) is 11.3. The zero-order chi connectivity index (χ0) is 15.1. The van der Waals surface area contributed by atoms with Crippen molar-refractivity contribution in [1.29, 1.82) is 0 Å². The summed E-state index contributed by atoms with van der Waals surface area (Å²) in [4.78, 5) is 24.6. The molecule has 0 aromatic carbocycles. The number of furan rings is 1. The fourth-order valence-corrected chi connectivity index (χ4v) is 1.67.